The minimum Gasteiger partial charge on any atom is -0.510 e. The number of nitrogens with zero attached hydrogens (tertiary/aromatic N) is 2. The van der Waals surface area contributed by atoms with Crippen LogP contribution < -0.4 is 5.32 Å². The van der Waals surface area contributed by atoms with Gasteiger partial charge in [-0.3, -0.25) is 4.79 Å². The molecule has 1 aliphatic carbocycles. The van der Waals surface area contributed by atoms with Crippen molar-refractivity contribution in [2.24, 2.45) is 16.1 Å². The maximum Gasteiger partial charge on any atom is 0.348 e. The van der Waals surface area contributed by atoms with E-state index >= 15 is 0 Å². The number of aliphatic hydroxyl groups excluding tert-OH is 1. The molecule has 0 unspecified atom stereocenters. The molecule has 11 nitrogen and oxygen atoms in total. The van der Waals surface area contributed by atoms with Gasteiger partial charge in [0.1, 0.15) is 21.2 Å². The largest absolute Gasteiger partial charge is 0.510 e. The summed E-state index contributed by atoms with van der Waals surface area (Å²) < 4.78 is 15.4. The smallest absolute Gasteiger partial charge is 0.348 e. The number of carbonyl (C=O) groups is 4. The third-order valence-corrected chi connectivity index (χ3v) is 8.41. The van der Waals surface area contributed by atoms with Gasteiger partial charge in [-0.25, -0.2) is 14.4 Å². The van der Waals surface area contributed by atoms with Crippen molar-refractivity contribution < 1.29 is 38.5 Å². The number of hydrogen-bond donors (Lipinski definition) is 2. The van der Waals surface area contributed by atoms with Gasteiger partial charge in [0.15, 0.2) is 10.7 Å². The number of carbonyl (C=O) groups excluding carboxylic acids is 4. The molecule has 0 aliphatic heterocycles. The molecule has 0 fully saturated rings. The summed E-state index contributed by atoms with van der Waals surface area (Å²) in [6.07, 6.45) is 2.38. The lowest BCUT2D eigenvalue weighted by atomic mass is 9.88. The van der Waals surface area contributed by atoms with E-state index in [1.165, 1.54) is 18.3 Å². The zero-order valence-electron chi connectivity index (χ0n) is 23.3. The van der Waals surface area contributed by atoms with E-state index in [0.29, 0.717) is 28.5 Å². The minimum atomic E-state index is -0.808. The predicted molar refractivity (Wildman–Crippen MR) is 151 cm³/mol. The number of ether oxygens (including phenoxy) is 3. The van der Waals surface area contributed by atoms with Crippen molar-refractivity contribution in [1.82, 2.24) is 0 Å². The second kappa shape index (κ2) is 13.7. The van der Waals surface area contributed by atoms with Crippen LogP contribution >= 0.6 is 22.7 Å². The van der Waals surface area contributed by atoms with E-state index in [9.17, 15) is 24.3 Å². The van der Waals surface area contributed by atoms with Crippen molar-refractivity contribution in [3.63, 3.8) is 0 Å². The summed E-state index contributed by atoms with van der Waals surface area (Å²) in [6.45, 7) is 10.4. The number of amides is 1. The molecule has 13 heteroatoms. The molecule has 0 radical (unpaired) electrons. The highest BCUT2D eigenvalue weighted by Gasteiger charge is 2.30. The van der Waals surface area contributed by atoms with Gasteiger partial charge in [-0.1, -0.05) is 6.92 Å². The molecule has 2 N–H and O–H groups in total. The fourth-order valence-electron chi connectivity index (χ4n) is 4.20. The van der Waals surface area contributed by atoms with Gasteiger partial charge in [-0.2, -0.15) is 0 Å². The maximum atomic E-state index is 13.3. The van der Waals surface area contributed by atoms with E-state index in [0.717, 1.165) is 34.6 Å². The highest BCUT2D eigenvalue weighted by molar-refractivity contribution is 7.18. The zero-order valence-corrected chi connectivity index (χ0v) is 25.0. The van der Waals surface area contributed by atoms with E-state index in [1.54, 1.807) is 27.7 Å². The molecule has 2 heterocycles. The molecule has 2 aromatic rings. The first-order chi connectivity index (χ1) is 19.0. The quantitative estimate of drug-likeness (QED) is 0.108. The SMILES string of the molecule is CCOC(=O)c1sc(N=N/C(C(=O)Nc2sc3c(c2C(=O)OCC)CC[C@@H](C)C3)=C(\C)O)c(C(=O)OCC)c1C. The summed E-state index contributed by atoms with van der Waals surface area (Å²) in [7, 11) is 0. The molecule has 1 amide bonds. The highest BCUT2D eigenvalue weighted by Crippen LogP contribution is 2.41. The van der Waals surface area contributed by atoms with Crippen LogP contribution in [0.25, 0.3) is 0 Å². The van der Waals surface area contributed by atoms with E-state index in [2.05, 4.69) is 22.5 Å². The molecule has 1 atom stereocenters. The molecule has 0 saturated heterocycles. The molecule has 0 aromatic carbocycles. The Balaban J connectivity index is 1.98. The summed E-state index contributed by atoms with van der Waals surface area (Å²) in [5.41, 5.74) is 1.06. The average molecular weight is 592 g/mol. The Hall–Kier alpha value is -3.58. The number of aliphatic hydroxyl groups is 1. The summed E-state index contributed by atoms with van der Waals surface area (Å²) >= 11 is 2.15. The van der Waals surface area contributed by atoms with E-state index in [4.69, 9.17) is 14.2 Å². The Kier molecular flexibility index (Phi) is 10.6. The number of nitrogens with one attached hydrogen (secondary N) is 1. The van der Waals surface area contributed by atoms with Crippen molar-refractivity contribution in [3.05, 3.63) is 43.5 Å². The minimum absolute atomic E-state index is 0.0124. The van der Waals surface area contributed by atoms with E-state index in [1.807, 2.05) is 0 Å². The molecule has 2 aromatic heterocycles. The molecule has 0 saturated carbocycles. The molecule has 0 bridgehead atoms. The van der Waals surface area contributed by atoms with Gasteiger partial charge in [-0.15, -0.1) is 32.9 Å². The van der Waals surface area contributed by atoms with Crippen LogP contribution in [0, 0.1) is 12.8 Å². The van der Waals surface area contributed by atoms with Crippen molar-refractivity contribution in [2.45, 2.75) is 60.8 Å². The van der Waals surface area contributed by atoms with Crippen LogP contribution in [0.15, 0.2) is 21.7 Å². The van der Waals surface area contributed by atoms with Gasteiger partial charge in [0.05, 0.1) is 25.4 Å². The van der Waals surface area contributed by atoms with Crippen LogP contribution in [0.3, 0.4) is 0 Å². The molecular weight excluding hydrogens is 558 g/mol. The van der Waals surface area contributed by atoms with Crippen molar-refractivity contribution >= 4 is 56.5 Å². The summed E-state index contributed by atoms with van der Waals surface area (Å²) in [5, 5.41) is 21.3. The first-order valence-corrected chi connectivity index (χ1v) is 14.6. The number of azo groups is 1. The van der Waals surface area contributed by atoms with Gasteiger partial charge >= 0.3 is 17.9 Å². The van der Waals surface area contributed by atoms with Crippen molar-refractivity contribution in [2.75, 3.05) is 25.1 Å². The average Bonchev–Trinajstić information content (AvgIpc) is 3.40. The maximum absolute atomic E-state index is 13.3. The summed E-state index contributed by atoms with van der Waals surface area (Å²) in [5.74, 6) is -2.68. The van der Waals surface area contributed by atoms with Crippen LogP contribution in [0.1, 0.15) is 87.4 Å². The third kappa shape index (κ3) is 6.76. The molecule has 0 spiro atoms. The lowest BCUT2D eigenvalue weighted by Crippen LogP contribution is -2.18. The number of fused-ring (bicyclic) bond motifs is 1. The first-order valence-electron chi connectivity index (χ1n) is 13.0. The van der Waals surface area contributed by atoms with Crippen LogP contribution in [0.5, 0.6) is 0 Å². The second-order valence-corrected chi connectivity index (χ2v) is 11.1. The van der Waals surface area contributed by atoms with E-state index in [-0.39, 0.29) is 35.3 Å². The lowest BCUT2D eigenvalue weighted by molar-refractivity contribution is -0.113. The predicted octanol–water partition coefficient (Wildman–Crippen LogP) is 6.28. The second-order valence-electron chi connectivity index (χ2n) is 9.04. The number of esters is 3. The standard InChI is InChI=1S/C27H33N3O8S2/c1-7-36-25(33)18-14(5)21(27(35)38-9-3)40-24(18)30-29-20(15(6)31)22(32)28-23-19(26(34)37-8-2)16-11-10-13(4)12-17(16)39-23/h13,31H,7-12H2,1-6H3,(H,28,32)/b20-15+,30-29?/t13-/m1/s1. The van der Waals surface area contributed by atoms with Gasteiger partial charge in [0.2, 0.25) is 0 Å². The van der Waals surface area contributed by atoms with Gasteiger partial charge < -0.3 is 24.6 Å². The number of anilines is 1. The number of hydrogen-bond acceptors (Lipinski definition) is 12. The topological polar surface area (TPSA) is 153 Å². The fourth-order valence-corrected chi connectivity index (χ4v) is 6.61. The Morgan fingerprint density at radius 2 is 1.57 bits per heavy atom. The normalized spacial score (nSPS) is 15.3. The van der Waals surface area contributed by atoms with Crippen LogP contribution in [0.2, 0.25) is 0 Å². The molecule has 40 heavy (non-hydrogen) atoms. The lowest BCUT2D eigenvalue weighted by Gasteiger charge is -2.18. The fraction of sp³-hybridized carbons (Fsp3) is 0.481. The first kappa shape index (κ1) is 31.0. The Labute approximate surface area is 240 Å². The van der Waals surface area contributed by atoms with Gasteiger partial charge in [0.25, 0.3) is 5.91 Å². The molecule has 1 aliphatic rings. The molecular formula is C27H33N3O8S2. The molecule has 3 rings (SSSR count). The number of thiophene rings is 2. The summed E-state index contributed by atoms with van der Waals surface area (Å²) in [6, 6.07) is 0. The number of rotatable bonds is 10. The van der Waals surface area contributed by atoms with Crippen molar-refractivity contribution in [1.29, 1.82) is 0 Å². The highest BCUT2D eigenvalue weighted by atomic mass is 32.1. The summed E-state index contributed by atoms with van der Waals surface area (Å²) in [4.78, 5) is 52.3. The Morgan fingerprint density at radius 3 is 2.17 bits per heavy atom. The van der Waals surface area contributed by atoms with Crippen molar-refractivity contribution in [3.8, 4) is 0 Å². The molecule has 216 valence electrons. The number of allylic oxidation sites excluding steroid dienone is 1. The van der Waals surface area contributed by atoms with Crippen LogP contribution in [-0.4, -0.2) is 48.7 Å². The van der Waals surface area contributed by atoms with Gasteiger partial charge in [0, 0.05) is 4.88 Å². The Bertz CT molecular complexity index is 1370. The van der Waals surface area contributed by atoms with Gasteiger partial charge in [-0.05, 0) is 70.9 Å². The monoisotopic (exact) mass is 591 g/mol. The van der Waals surface area contributed by atoms with E-state index < -0.39 is 35.3 Å². The third-order valence-electron chi connectivity index (χ3n) is 6.09. The Morgan fingerprint density at radius 1 is 0.975 bits per heavy atom. The van der Waals surface area contributed by atoms with Crippen LogP contribution in [0.4, 0.5) is 10.0 Å². The van der Waals surface area contributed by atoms with Crippen LogP contribution in [-0.2, 0) is 31.8 Å². The zero-order chi connectivity index (χ0) is 29.6.